The molecule has 0 aliphatic rings. The van der Waals surface area contributed by atoms with Crippen LogP contribution < -0.4 is 5.32 Å². The number of carboxylic acids is 1. The highest BCUT2D eigenvalue weighted by Gasteiger charge is 2.49. The van der Waals surface area contributed by atoms with Gasteiger partial charge in [0.25, 0.3) is 0 Å². The third kappa shape index (κ3) is 3.39. The molecule has 100 valence electrons. The highest BCUT2D eigenvalue weighted by atomic mass is 32.1. The van der Waals surface area contributed by atoms with Crippen molar-refractivity contribution in [3.05, 3.63) is 11.1 Å². The van der Waals surface area contributed by atoms with Crippen molar-refractivity contribution >= 4 is 28.3 Å². The van der Waals surface area contributed by atoms with Gasteiger partial charge in [0.1, 0.15) is 0 Å². The number of hydrogen-bond acceptors (Lipinski definition) is 4. The number of nitrogens with zero attached hydrogens (tertiary/aromatic N) is 1. The lowest BCUT2D eigenvalue weighted by atomic mass is 10.3. The molecule has 0 spiro atoms. The van der Waals surface area contributed by atoms with Crippen LogP contribution in [0.25, 0.3) is 0 Å². The number of thiazole rings is 1. The Morgan fingerprint density at radius 3 is 2.61 bits per heavy atom. The van der Waals surface area contributed by atoms with Crippen LogP contribution in [0.5, 0.6) is 0 Å². The third-order valence-corrected chi connectivity index (χ3v) is 2.49. The molecule has 0 atom stereocenters. The first kappa shape index (κ1) is 14.4. The Morgan fingerprint density at radius 1 is 1.50 bits per heavy atom. The molecule has 0 saturated heterocycles. The number of aliphatic carboxylic acids is 1. The minimum atomic E-state index is -4.82. The SMILES string of the molecule is O=C(O)Cc1csc(NC(=O)C(F)(F)C(F)F)n1. The van der Waals surface area contributed by atoms with Crippen LogP contribution in [-0.2, 0) is 16.0 Å². The van der Waals surface area contributed by atoms with Crippen LogP contribution in [-0.4, -0.2) is 34.3 Å². The molecule has 18 heavy (non-hydrogen) atoms. The maximum Gasteiger partial charge on any atom is 0.383 e. The van der Waals surface area contributed by atoms with Gasteiger partial charge in [-0.2, -0.15) is 8.78 Å². The second kappa shape index (κ2) is 5.29. The van der Waals surface area contributed by atoms with Gasteiger partial charge in [0.15, 0.2) is 5.13 Å². The van der Waals surface area contributed by atoms with E-state index in [0.29, 0.717) is 11.3 Å². The summed E-state index contributed by atoms with van der Waals surface area (Å²) in [6.45, 7) is 0. The molecule has 1 aromatic rings. The first-order valence-electron chi connectivity index (χ1n) is 4.37. The van der Waals surface area contributed by atoms with Crippen LogP contribution in [0, 0.1) is 0 Å². The van der Waals surface area contributed by atoms with Gasteiger partial charge in [0, 0.05) is 5.38 Å². The van der Waals surface area contributed by atoms with Crippen LogP contribution in [0.1, 0.15) is 5.69 Å². The van der Waals surface area contributed by atoms with Crippen LogP contribution in [0.2, 0.25) is 0 Å². The number of anilines is 1. The van der Waals surface area contributed by atoms with E-state index in [4.69, 9.17) is 5.11 Å². The monoisotopic (exact) mass is 286 g/mol. The molecule has 0 aliphatic carbocycles. The fraction of sp³-hybridized carbons (Fsp3) is 0.375. The summed E-state index contributed by atoms with van der Waals surface area (Å²) in [5, 5.41) is 10.8. The van der Waals surface area contributed by atoms with E-state index in [2.05, 4.69) is 4.98 Å². The Balaban J connectivity index is 2.71. The van der Waals surface area contributed by atoms with E-state index in [1.807, 2.05) is 0 Å². The van der Waals surface area contributed by atoms with Gasteiger partial charge in [0.2, 0.25) is 0 Å². The van der Waals surface area contributed by atoms with Gasteiger partial charge in [-0.1, -0.05) is 0 Å². The molecule has 0 saturated carbocycles. The lowest BCUT2D eigenvalue weighted by Crippen LogP contribution is -2.40. The molecule has 0 unspecified atom stereocenters. The minimum absolute atomic E-state index is 0.0307. The second-order valence-corrected chi connectivity index (χ2v) is 3.95. The maximum atomic E-state index is 12.6. The zero-order valence-corrected chi connectivity index (χ0v) is 9.31. The molecular weight excluding hydrogens is 280 g/mol. The van der Waals surface area contributed by atoms with E-state index in [-0.39, 0.29) is 10.8 Å². The molecule has 10 heteroatoms. The quantitative estimate of drug-likeness (QED) is 0.806. The average Bonchev–Trinajstić information content (AvgIpc) is 2.64. The number of alkyl halides is 4. The molecule has 1 rings (SSSR count). The van der Waals surface area contributed by atoms with Crippen molar-refractivity contribution in [1.82, 2.24) is 4.98 Å². The Labute approximate surface area is 101 Å². The van der Waals surface area contributed by atoms with Crippen LogP contribution in [0.15, 0.2) is 5.38 Å². The standard InChI is InChI=1S/C8H6F4N2O3S/c9-5(10)8(11,12)6(17)14-7-13-3(2-18-7)1-4(15)16/h2,5H,1H2,(H,15,16)(H,13,14,17). The zero-order chi connectivity index (χ0) is 13.9. The molecule has 1 aromatic heterocycles. The third-order valence-electron chi connectivity index (χ3n) is 1.68. The van der Waals surface area contributed by atoms with Crippen LogP contribution >= 0.6 is 11.3 Å². The molecule has 2 N–H and O–H groups in total. The van der Waals surface area contributed by atoms with E-state index in [1.165, 1.54) is 10.7 Å². The number of amides is 1. The summed E-state index contributed by atoms with van der Waals surface area (Å²) >= 11 is 0.663. The highest BCUT2D eigenvalue weighted by Crippen LogP contribution is 2.25. The molecule has 5 nitrogen and oxygen atoms in total. The molecule has 0 aliphatic heterocycles. The summed E-state index contributed by atoms with van der Waals surface area (Å²) < 4.78 is 48.8. The van der Waals surface area contributed by atoms with Gasteiger partial charge < -0.3 is 5.11 Å². The van der Waals surface area contributed by atoms with Crippen molar-refractivity contribution in [2.75, 3.05) is 5.32 Å². The van der Waals surface area contributed by atoms with Crippen molar-refractivity contribution in [2.24, 2.45) is 0 Å². The van der Waals surface area contributed by atoms with Crippen molar-refractivity contribution in [3.63, 3.8) is 0 Å². The van der Waals surface area contributed by atoms with Crippen LogP contribution in [0.4, 0.5) is 22.7 Å². The van der Waals surface area contributed by atoms with Gasteiger partial charge in [0.05, 0.1) is 12.1 Å². The predicted molar refractivity (Wildman–Crippen MR) is 53.0 cm³/mol. The Kier molecular flexibility index (Phi) is 4.22. The van der Waals surface area contributed by atoms with Crippen molar-refractivity contribution in [2.45, 2.75) is 18.8 Å². The Morgan fingerprint density at radius 2 is 2.11 bits per heavy atom. The van der Waals surface area contributed by atoms with Gasteiger partial charge in [-0.3, -0.25) is 14.9 Å². The number of carboxylic acid groups (broad SMARTS) is 1. The van der Waals surface area contributed by atoms with Crippen molar-refractivity contribution in [1.29, 1.82) is 0 Å². The van der Waals surface area contributed by atoms with Gasteiger partial charge in [-0.05, 0) is 0 Å². The Hall–Kier alpha value is -1.71. The summed E-state index contributed by atoms with van der Waals surface area (Å²) in [6, 6.07) is 0. The number of nitrogens with one attached hydrogen (secondary N) is 1. The fourth-order valence-corrected chi connectivity index (χ4v) is 1.59. The number of carbonyl (C=O) groups excluding carboxylic acids is 1. The summed E-state index contributed by atoms with van der Waals surface area (Å²) in [6.07, 6.45) is -4.59. The van der Waals surface area contributed by atoms with Crippen LogP contribution in [0.3, 0.4) is 0 Å². The molecule has 0 aromatic carbocycles. The van der Waals surface area contributed by atoms with Crippen molar-refractivity contribution in [3.8, 4) is 0 Å². The van der Waals surface area contributed by atoms with Gasteiger partial charge in [-0.25, -0.2) is 13.8 Å². The van der Waals surface area contributed by atoms with E-state index >= 15 is 0 Å². The molecule has 0 bridgehead atoms. The summed E-state index contributed by atoms with van der Waals surface area (Å²) in [5.74, 6) is -8.21. The second-order valence-electron chi connectivity index (χ2n) is 3.09. The number of halogens is 4. The lowest BCUT2D eigenvalue weighted by Gasteiger charge is -2.13. The number of hydrogen-bond donors (Lipinski definition) is 2. The minimum Gasteiger partial charge on any atom is -0.481 e. The largest absolute Gasteiger partial charge is 0.481 e. The number of carbonyl (C=O) groups is 2. The van der Waals surface area contributed by atoms with Crippen molar-refractivity contribution < 1.29 is 32.3 Å². The number of rotatable bonds is 5. The molecule has 0 radical (unpaired) electrons. The average molecular weight is 286 g/mol. The highest BCUT2D eigenvalue weighted by molar-refractivity contribution is 7.13. The predicted octanol–water partition coefficient (Wildman–Crippen LogP) is 1.61. The first-order valence-corrected chi connectivity index (χ1v) is 5.25. The van der Waals surface area contributed by atoms with E-state index in [9.17, 15) is 27.2 Å². The fourth-order valence-electron chi connectivity index (χ4n) is 0.880. The number of aromatic nitrogens is 1. The molecule has 0 fully saturated rings. The Bertz CT molecular complexity index is 463. The summed E-state index contributed by atoms with van der Waals surface area (Å²) in [4.78, 5) is 24.6. The van der Waals surface area contributed by atoms with E-state index < -0.39 is 30.6 Å². The molecular formula is C8H6F4N2O3S. The smallest absolute Gasteiger partial charge is 0.383 e. The van der Waals surface area contributed by atoms with Gasteiger partial charge in [-0.15, -0.1) is 11.3 Å². The first-order chi connectivity index (χ1) is 8.23. The van der Waals surface area contributed by atoms with E-state index in [0.717, 1.165) is 0 Å². The summed E-state index contributed by atoms with van der Waals surface area (Å²) in [5.41, 5.74) is 0.0307. The topological polar surface area (TPSA) is 79.3 Å². The van der Waals surface area contributed by atoms with Gasteiger partial charge >= 0.3 is 24.2 Å². The normalized spacial score (nSPS) is 11.6. The molecule has 1 heterocycles. The lowest BCUT2D eigenvalue weighted by molar-refractivity contribution is -0.163. The van der Waals surface area contributed by atoms with E-state index in [1.54, 1.807) is 0 Å². The maximum absolute atomic E-state index is 12.6. The summed E-state index contributed by atoms with van der Waals surface area (Å²) in [7, 11) is 0. The zero-order valence-electron chi connectivity index (χ0n) is 8.49. The molecule has 1 amide bonds.